The molecule has 0 spiro atoms. The number of hydrogen-bond donors (Lipinski definition) is 1. The minimum absolute atomic E-state index is 0.143. The fourth-order valence-corrected chi connectivity index (χ4v) is 4.78. The molecule has 0 bridgehead atoms. The van der Waals surface area contributed by atoms with Crippen LogP contribution in [0.4, 0.5) is 5.82 Å². The largest absolute Gasteiger partial charge is 0.379 e. The van der Waals surface area contributed by atoms with Gasteiger partial charge in [-0.25, -0.2) is 4.98 Å². The summed E-state index contributed by atoms with van der Waals surface area (Å²) in [4.78, 5) is 33.0. The Kier molecular flexibility index (Phi) is 9.46. The van der Waals surface area contributed by atoms with Crippen LogP contribution in [0.2, 0.25) is 0 Å². The maximum atomic E-state index is 13.3. The Hall–Kier alpha value is -2.23. The van der Waals surface area contributed by atoms with E-state index in [0.717, 1.165) is 32.1 Å². The molecule has 1 fully saturated rings. The topological polar surface area (TPSA) is 75.9 Å². The number of fused-ring (bicyclic) bond motifs is 1. The molecule has 0 atom stereocenters. The number of unbranched alkanes of at least 4 members (excludes halogenated alkanes) is 3. The zero-order valence-corrected chi connectivity index (χ0v) is 21.1. The van der Waals surface area contributed by atoms with Crippen LogP contribution in [0.25, 0.3) is 11.7 Å². The van der Waals surface area contributed by atoms with E-state index in [-0.39, 0.29) is 17.6 Å². The highest BCUT2D eigenvalue weighted by Gasteiger charge is 2.32. The highest BCUT2D eigenvalue weighted by molar-refractivity contribution is 8.26. The molecule has 1 amide bonds. The van der Waals surface area contributed by atoms with Crippen LogP contribution in [-0.4, -0.2) is 50.3 Å². The lowest BCUT2D eigenvalue weighted by atomic mass is 10.2. The summed E-state index contributed by atoms with van der Waals surface area (Å²) in [5.74, 6) is 0.319. The van der Waals surface area contributed by atoms with Gasteiger partial charge in [0.15, 0.2) is 0 Å². The Balaban J connectivity index is 1.85. The van der Waals surface area contributed by atoms with Crippen LogP contribution < -0.4 is 10.9 Å². The van der Waals surface area contributed by atoms with Crippen LogP contribution in [0, 0.1) is 0 Å². The van der Waals surface area contributed by atoms with E-state index >= 15 is 0 Å². The fraction of sp³-hybridized carbons (Fsp3) is 0.500. The number of aromatic nitrogens is 2. The molecule has 9 heteroatoms. The normalized spacial score (nSPS) is 15.4. The van der Waals surface area contributed by atoms with Crippen LogP contribution in [0.1, 0.15) is 58.4 Å². The van der Waals surface area contributed by atoms with Gasteiger partial charge in [-0.3, -0.25) is 18.9 Å². The summed E-state index contributed by atoms with van der Waals surface area (Å²) in [6.45, 7) is 7.97. The van der Waals surface area contributed by atoms with E-state index in [9.17, 15) is 9.59 Å². The van der Waals surface area contributed by atoms with Gasteiger partial charge in [0.1, 0.15) is 15.8 Å². The van der Waals surface area contributed by atoms with Crippen molar-refractivity contribution in [3.8, 4) is 0 Å². The summed E-state index contributed by atoms with van der Waals surface area (Å²) in [7, 11) is 0. The summed E-state index contributed by atoms with van der Waals surface area (Å²) >= 11 is 6.69. The second-order valence-electron chi connectivity index (χ2n) is 8.20. The average Bonchev–Trinajstić information content (AvgIpc) is 3.05. The zero-order chi connectivity index (χ0) is 23.8. The fourth-order valence-electron chi connectivity index (χ4n) is 3.49. The number of thioether (sulfide) groups is 1. The van der Waals surface area contributed by atoms with Gasteiger partial charge in [-0.1, -0.05) is 56.2 Å². The Labute approximate surface area is 204 Å². The molecule has 1 N–H and O–H groups in total. The van der Waals surface area contributed by atoms with E-state index in [1.54, 1.807) is 29.3 Å². The molecular weight excluding hydrogens is 456 g/mol. The molecule has 0 saturated carbocycles. The van der Waals surface area contributed by atoms with Crippen LogP contribution in [0.15, 0.2) is 34.1 Å². The molecule has 3 rings (SSSR count). The number of thiocarbonyl (C=S) groups is 1. The minimum atomic E-state index is -0.227. The van der Waals surface area contributed by atoms with Crippen LogP contribution >= 0.6 is 24.0 Å². The number of nitrogens with one attached hydrogen (secondary N) is 1. The molecule has 1 saturated heterocycles. The van der Waals surface area contributed by atoms with Gasteiger partial charge in [-0.15, -0.1) is 0 Å². The second kappa shape index (κ2) is 12.3. The first-order valence-corrected chi connectivity index (χ1v) is 12.8. The number of pyridine rings is 1. The molecule has 33 heavy (non-hydrogen) atoms. The Bertz CT molecular complexity index is 1080. The van der Waals surface area contributed by atoms with Crippen molar-refractivity contribution in [1.82, 2.24) is 14.3 Å². The van der Waals surface area contributed by atoms with E-state index in [4.69, 9.17) is 17.0 Å². The van der Waals surface area contributed by atoms with Crippen LogP contribution in [0.3, 0.4) is 0 Å². The molecule has 1 aliphatic heterocycles. The maximum Gasteiger partial charge on any atom is 0.267 e. The number of anilines is 1. The lowest BCUT2D eigenvalue weighted by Gasteiger charge is -2.14. The van der Waals surface area contributed by atoms with Gasteiger partial charge in [-0.2, -0.15) is 0 Å². The number of hydrogen-bond acceptors (Lipinski definition) is 7. The Morgan fingerprint density at radius 3 is 2.79 bits per heavy atom. The lowest BCUT2D eigenvalue weighted by Crippen LogP contribution is -2.29. The molecule has 0 unspecified atom stereocenters. The van der Waals surface area contributed by atoms with Crippen molar-refractivity contribution in [3.63, 3.8) is 0 Å². The lowest BCUT2D eigenvalue weighted by molar-refractivity contribution is -0.122. The molecular formula is C24H32N4O3S2. The van der Waals surface area contributed by atoms with Gasteiger partial charge in [-0.05, 0) is 44.9 Å². The predicted molar refractivity (Wildman–Crippen MR) is 140 cm³/mol. The zero-order valence-electron chi connectivity index (χ0n) is 19.5. The molecule has 0 radical (unpaired) electrons. The quantitative estimate of drug-likeness (QED) is 0.264. The van der Waals surface area contributed by atoms with E-state index < -0.39 is 0 Å². The summed E-state index contributed by atoms with van der Waals surface area (Å²) in [6.07, 6.45) is 8.52. The highest BCUT2D eigenvalue weighted by atomic mass is 32.2. The monoisotopic (exact) mass is 488 g/mol. The van der Waals surface area contributed by atoms with Crippen molar-refractivity contribution in [2.24, 2.45) is 0 Å². The van der Waals surface area contributed by atoms with Crippen molar-refractivity contribution in [2.75, 3.05) is 25.0 Å². The molecule has 2 aromatic rings. The summed E-state index contributed by atoms with van der Waals surface area (Å²) in [5, 5.41) is 3.26. The van der Waals surface area contributed by atoms with Gasteiger partial charge in [0.05, 0.1) is 16.6 Å². The smallest absolute Gasteiger partial charge is 0.267 e. The third-order valence-corrected chi connectivity index (χ3v) is 6.60. The van der Waals surface area contributed by atoms with Crippen molar-refractivity contribution < 1.29 is 9.53 Å². The van der Waals surface area contributed by atoms with Crippen molar-refractivity contribution >= 4 is 51.7 Å². The van der Waals surface area contributed by atoms with Gasteiger partial charge in [0, 0.05) is 25.9 Å². The molecule has 0 aliphatic carbocycles. The van der Waals surface area contributed by atoms with Crippen LogP contribution in [0.5, 0.6) is 0 Å². The first kappa shape index (κ1) is 25.4. The Morgan fingerprint density at radius 1 is 1.21 bits per heavy atom. The molecule has 0 aromatic carbocycles. The first-order chi connectivity index (χ1) is 15.9. The SMILES string of the molecule is CCCCCCN1C(=O)/C(=C/c2c(NCCCOC(C)C)nc3ccccn3c2=O)SC1=S. The van der Waals surface area contributed by atoms with Crippen molar-refractivity contribution in [1.29, 1.82) is 0 Å². The highest BCUT2D eigenvalue weighted by Crippen LogP contribution is 2.33. The van der Waals surface area contributed by atoms with Crippen molar-refractivity contribution in [3.05, 3.63) is 45.2 Å². The molecule has 178 valence electrons. The molecule has 3 heterocycles. The van der Waals surface area contributed by atoms with Gasteiger partial charge >= 0.3 is 0 Å². The van der Waals surface area contributed by atoms with E-state index in [1.807, 2.05) is 19.9 Å². The maximum absolute atomic E-state index is 13.3. The molecule has 1 aliphatic rings. The Morgan fingerprint density at radius 2 is 2.03 bits per heavy atom. The van der Waals surface area contributed by atoms with E-state index in [1.165, 1.54) is 16.2 Å². The number of carbonyl (C=O) groups excluding carboxylic acids is 1. The standard InChI is InChI=1S/C24H32N4O3S2/c1-4-5-6-8-14-28-23(30)19(33-24(28)32)16-18-21(25-12-10-15-31-17(2)3)26-20-11-7-9-13-27(20)22(18)29/h7,9,11,13,16-17,25H,4-6,8,10,12,14-15H2,1-3H3/b19-16-. The van der Waals surface area contributed by atoms with Gasteiger partial charge in [0.2, 0.25) is 0 Å². The third-order valence-electron chi connectivity index (χ3n) is 5.22. The predicted octanol–water partition coefficient (Wildman–Crippen LogP) is 4.70. The number of ether oxygens (including phenoxy) is 1. The van der Waals surface area contributed by atoms with E-state index in [2.05, 4.69) is 17.2 Å². The number of nitrogens with zero attached hydrogens (tertiary/aromatic N) is 3. The number of carbonyl (C=O) groups is 1. The van der Waals surface area contributed by atoms with Crippen molar-refractivity contribution in [2.45, 2.75) is 59.0 Å². The third kappa shape index (κ3) is 6.65. The van der Waals surface area contributed by atoms with Gasteiger partial charge in [0.25, 0.3) is 11.5 Å². The van der Waals surface area contributed by atoms with Crippen LogP contribution in [-0.2, 0) is 9.53 Å². The minimum Gasteiger partial charge on any atom is -0.379 e. The first-order valence-electron chi connectivity index (χ1n) is 11.5. The average molecular weight is 489 g/mol. The summed E-state index contributed by atoms with van der Waals surface area (Å²) in [6, 6.07) is 5.41. The van der Waals surface area contributed by atoms with Gasteiger partial charge < -0.3 is 10.1 Å². The van der Waals surface area contributed by atoms with E-state index in [0.29, 0.717) is 46.0 Å². The summed E-state index contributed by atoms with van der Waals surface area (Å²) in [5.41, 5.74) is 0.675. The second-order valence-corrected chi connectivity index (χ2v) is 9.88. The number of rotatable bonds is 12. The molecule has 7 nitrogen and oxygen atoms in total. The molecule has 2 aromatic heterocycles. The summed E-state index contributed by atoms with van der Waals surface area (Å²) < 4.78 is 7.62. The number of amides is 1.